The van der Waals surface area contributed by atoms with Crippen molar-refractivity contribution in [2.24, 2.45) is 5.92 Å². The minimum Gasteiger partial charge on any atom is -0.326 e. The van der Waals surface area contributed by atoms with Gasteiger partial charge in [0.25, 0.3) is 5.91 Å². The highest BCUT2D eigenvalue weighted by Gasteiger charge is 2.08. The van der Waals surface area contributed by atoms with Gasteiger partial charge < -0.3 is 10.6 Å². The van der Waals surface area contributed by atoms with Gasteiger partial charge in [-0.1, -0.05) is 26.0 Å². The van der Waals surface area contributed by atoms with Crippen molar-refractivity contribution in [2.45, 2.75) is 26.0 Å². The number of anilines is 2. The molecule has 0 heterocycles. The molecule has 0 aliphatic carbocycles. The van der Waals surface area contributed by atoms with Crippen molar-refractivity contribution in [1.29, 1.82) is 0 Å². The lowest BCUT2D eigenvalue weighted by atomic mass is 10.1. The molecule has 2 aromatic carbocycles. The van der Waals surface area contributed by atoms with Crippen LogP contribution >= 0.6 is 11.8 Å². The zero-order valence-corrected chi connectivity index (χ0v) is 15.7. The number of benzene rings is 2. The van der Waals surface area contributed by atoms with Crippen molar-refractivity contribution in [3.63, 3.8) is 0 Å². The molecule has 4 nitrogen and oxygen atoms in total. The van der Waals surface area contributed by atoms with Gasteiger partial charge in [0, 0.05) is 29.1 Å². The van der Waals surface area contributed by atoms with Crippen LogP contribution in [0.4, 0.5) is 11.4 Å². The lowest BCUT2D eigenvalue weighted by Crippen LogP contribution is -2.14. The van der Waals surface area contributed by atoms with Crippen LogP contribution in [0.1, 0.15) is 36.2 Å². The maximum absolute atomic E-state index is 12.3. The number of hydrogen-bond acceptors (Lipinski definition) is 3. The predicted octanol–water partition coefficient (Wildman–Crippen LogP) is 4.79. The Bertz CT molecular complexity index is 709. The Labute approximate surface area is 153 Å². The van der Waals surface area contributed by atoms with E-state index in [1.807, 2.05) is 38.1 Å². The molecule has 2 aromatic rings. The van der Waals surface area contributed by atoms with E-state index in [2.05, 4.69) is 16.9 Å². The summed E-state index contributed by atoms with van der Waals surface area (Å²) in [6.45, 7) is 4.01. The van der Waals surface area contributed by atoms with Gasteiger partial charge in [0.05, 0.1) is 0 Å². The average Bonchev–Trinajstić information content (AvgIpc) is 2.57. The Kier molecular flexibility index (Phi) is 7.07. The molecular weight excluding hydrogens is 332 g/mol. The number of carbonyl (C=O) groups excluding carboxylic acids is 2. The van der Waals surface area contributed by atoms with Crippen molar-refractivity contribution < 1.29 is 9.59 Å². The standard InChI is InChI=1S/C20H24N2O2S/c1-14(2)12-19(23)21-17-8-10-18(11-9-17)22-20(24)16-6-4-15(5-7-16)13-25-3/h4-11,14H,12-13H2,1-3H3,(H,21,23)(H,22,24). The molecule has 0 unspecified atom stereocenters. The highest BCUT2D eigenvalue weighted by atomic mass is 32.2. The highest BCUT2D eigenvalue weighted by Crippen LogP contribution is 2.16. The first-order chi connectivity index (χ1) is 12.0. The van der Waals surface area contributed by atoms with Crippen LogP contribution in [0.5, 0.6) is 0 Å². The summed E-state index contributed by atoms with van der Waals surface area (Å²) >= 11 is 1.75. The number of hydrogen-bond donors (Lipinski definition) is 2. The third-order valence-corrected chi connectivity index (χ3v) is 4.17. The summed E-state index contributed by atoms with van der Waals surface area (Å²) in [6.07, 6.45) is 2.54. The van der Waals surface area contributed by atoms with E-state index in [0.717, 1.165) is 11.4 Å². The Morgan fingerprint density at radius 1 is 0.920 bits per heavy atom. The van der Waals surface area contributed by atoms with Crippen LogP contribution in [0.3, 0.4) is 0 Å². The Morgan fingerprint density at radius 3 is 2.00 bits per heavy atom. The highest BCUT2D eigenvalue weighted by molar-refractivity contribution is 7.97. The number of nitrogens with one attached hydrogen (secondary N) is 2. The third-order valence-electron chi connectivity index (χ3n) is 3.55. The fourth-order valence-corrected chi connectivity index (χ4v) is 2.87. The van der Waals surface area contributed by atoms with E-state index in [1.54, 1.807) is 36.0 Å². The van der Waals surface area contributed by atoms with E-state index < -0.39 is 0 Å². The molecule has 5 heteroatoms. The lowest BCUT2D eigenvalue weighted by Gasteiger charge is -2.09. The average molecular weight is 356 g/mol. The van der Waals surface area contributed by atoms with E-state index in [0.29, 0.717) is 23.6 Å². The molecule has 0 aliphatic rings. The first-order valence-corrected chi connectivity index (χ1v) is 9.66. The second-order valence-electron chi connectivity index (χ2n) is 6.31. The molecule has 0 bridgehead atoms. The summed E-state index contributed by atoms with van der Waals surface area (Å²) in [7, 11) is 0. The van der Waals surface area contributed by atoms with Crippen molar-refractivity contribution in [3.05, 3.63) is 59.7 Å². The number of rotatable bonds is 7. The minimum atomic E-state index is -0.146. The van der Waals surface area contributed by atoms with E-state index in [9.17, 15) is 9.59 Å². The van der Waals surface area contributed by atoms with E-state index in [-0.39, 0.29) is 11.8 Å². The normalized spacial score (nSPS) is 10.6. The second-order valence-corrected chi connectivity index (χ2v) is 7.17. The van der Waals surface area contributed by atoms with Crippen LogP contribution in [0, 0.1) is 5.92 Å². The summed E-state index contributed by atoms with van der Waals surface area (Å²) in [4.78, 5) is 24.0. The van der Waals surface area contributed by atoms with Gasteiger partial charge in [0.15, 0.2) is 0 Å². The molecule has 0 atom stereocenters. The minimum absolute atomic E-state index is 0.00267. The SMILES string of the molecule is CSCc1ccc(C(=O)Nc2ccc(NC(=O)CC(C)C)cc2)cc1. The number of carbonyl (C=O) groups is 2. The molecule has 2 N–H and O–H groups in total. The molecular formula is C20H24N2O2S. The van der Waals surface area contributed by atoms with Crippen LogP contribution in [0.15, 0.2) is 48.5 Å². The van der Waals surface area contributed by atoms with Crippen LogP contribution in [0.2, 0.25) is 0 Å². The predicted molar refractivity (Wildman–Crippen MR) is 106 cm³/mol. The van der Waals surface area contributed by atoms with E-state index in [1.165, 1.54) is 5.56 Å². The van der Waals surface area contributed by atoms with Gasteiger partial charge in [-0.3, -0.25) is 9.59 Å². The number of amides is 2. The monoisotopic (exact) mass is 356 g/mol. The smallest absolute Gasteiger partial charge is 0.255 e. The molecule has 0 spiro atoms. The molecule has 0 saturated heterocycles. The van der Waals surface area contributed by atoms with Gasteiger partial charge in [-0.25, -0.2) is 0 Å². The zero-order valence-electron chi connectivity index (χ0n) is 14.8. The van der Waals surface area contributed by atoms with Crippen LogP contribution in [-0.4, -0.2) is 18.1 Å². The Hall–Kier alpha value is -2.27. The molecule has 0 aliphatic heterocycles. The zero-order chi connectivity index (χ0) is 18.2. The van der Waals surface area contributed by atoms with Crippen molar-refractivity contribution >= 4 is 35.0 Å². The lowest BCUT2D eigenvalue weighted by molar-refractivity contribution is -0.116. The van der Waals surface area contributed by atoms with E-state index in [4.69, 9.17) is 0 Å². The second kappa shape index (κ2) is 9.28. The van der Waals surface area contributed by atoms with Crippen LogP contribution in [-0.2, 0) is 10.5 Å². The molecule has 0 radical (unpaired) electrons. The fourth-order valence-electron chi connectivity index (χ4n) is 2.34. The largest absolute Gasteiger partial charge is 0.326 e. The van der Waals surface area contributed by atoms with Gasteiger partial charge in [-0.15, -0.1) is 0 Å². The summed E-state index contributed by atoms with van der Waals surface area (Å²) in [5.41, 5.74) is 3.25. The molecule has 2 rings (SSSR count). The summed E-state index contributed by atoms with van der Waals surface area (Å²) < 4.78 is 0. The van der Waals surface area contributed by atoms with E-state index >= 15 is 0 Å². The maximum Gasteiger partial charge on any atom is 0.255 e. The van der Waals surface area contributed by atoms with Gasteiger partial charge >= 0.3 is 0 Å². The number of thioether (sulfide) groups is 1. The van der Waals surface area contributed by atoms with Crippen molar-refractivity contribution in [3.8, 4) is 0 Å². The van der Waals surface area contributed by atoms with Crippen LogP contribution < -0.4 is 10.6 Å². The third kappa shape index (κ3) is 6.27. The van der Waals surface area contributed by atoms with Gasteiger partial charge in [0.2, 0.25) is 5.91 Å². The van der Waals surface area contributed by atoms with Crippen molar-refractivity contribution in [1.82, 2.24) is 0 Å². The first-order valence-electron chi connectivity index (χ1n) is 8.27. The van der Waals surface area contributed by atoms with Gasteiger partial charge in [-0.05, 0) is 54.1 Å². The summed E-state index contributed by atoms with van der Waals surface area (Å²) in [5.74, 6) is 1.11. The molecule has 0 aromatic heterocycles. The molecule has 132 valence electrons. The first kappa shape index (κ1) is 19.1. The Balaban J connectivity index is 1.93. The quantitative estimate of drug-likeness (QED) is 0.750. The van der Waals surface area contributed by atoms with Gasteiger partial charge in [-0.2, -0.15) is 11.8 Å². The summed E-state index contributed by atoms with van der Waals surface area (Å²) in [6, 6.07) is 14.8. The molecule has 0 saturated carbocycles. The fraction of sp³-hybridized carbons (Fsp3) is 0.300. The summed E-state index contributed by atoms with van der Waals surface area (Å²) in [5, 5.41) is 5.72. The van der Waals surface area contributed by atoms with Crippen LogP contribution in [0.25, 0.3) is 0 Å². The molecule has 2 amide bonds. The molecule has 0 fully saturated rings. The van der Waals surface area contributed by atoms with Crippen molar-refractivity contribution in [2.75, 3.05) is 16.9 Å². The molecule has 25 heavy (non-hydrogen) atoms. The Morgan fingerprint density at radius 2 is 1.48 bits per heavy atom. The topological polar surface area (TPSA) is 58.2 Å². The van der Waals surface area contributed by atoms with Gasteiger partial charge in [0.1, 0.15) is 0 Å². The maximum atomic E-state index is 12.3.